The van der Waals surface area contributed by atoms with Gasteiger partial charge in [0.05, 0.1) is 12.7 Å². The first kappa shape index (κ1) is 23.0. The van der Waals surface area contributed by atoms with Crippen molar-refractivity contribution in [1.29, 1.82) is 0 Å². The van der Waals surface area contributed by atoms with E-state index in [0.29, 0.717) is 24.2 Å². The lowest BCUT2D eigenvalue weighted by molar-refractivity contribution is -0.0203. The van der Waals surface area contributed by atoms with Gasteiger partial charge in [0.25, 0.3) is 5.91 Å². The van der Waals surface area contributed by atoms with Gasteiger partial charge in [0.2, 0.25) is 0 Å². The molecule has 1 N–H and O–H groups in total. The highest BCUT2D eigenvalue weighted by atomic mass is 19.1. The molecule has 0 saturated carbocycles. The van der Waals surface area contributed by atoms with Crippen molar-refractivity contribution in [3.8, 4) is 0 Å². The Labute approximate surface area is 184 Å². The number of hydrogen-bond acceptors (Lipinski definition) is 4. The summed E-state index contributed by atoms with van der Waals surface area (Å²) in [4.78, 5) is 16.1. The molecule has 6 heteroatoms. The number of rotatable bonds is 5. The summed E-state index contributed by atoms with van der Waals surface area (Å²) in [6.07, 6.45) is 3.91. The molecular weight excluding hydrogens is 393 g/mol. The Morgan fingerprint density at radius 3 is 2.74 bits per heavy atom. The number of carbonyl (C=O) groups is 1. The number of nitrogens with one attached hydrogen (secondary N) is 1. The number of allylic oxidation sites excluding steroid dienone is 4. The van der Waals surface area contributed by atoms with Crippen LogP contribution in [0.15, 0.2) is 59.8 Å². The molecule has 5 nitrogen and oxygen atoms in total. The molecule has 0 aromatic heterocycles. The highest BCUT2D eigenvalue weighted by Gasteiger charge is 2.26. The highest BCUT2D eigenvalue weighted by molar-refractivity contribution is 5.94. The fourth-order valence-corrected chi connectivity index (χ4v) is 4.10. The molecule has 1 aromatic carbocycles. The molecular formula is C25H32FN3O2. The standard InChI is InChI=1S/C25H32FN3O2/c1-16-12-20(25(30)27-5)7-8-22(16)19(4)24(13-21-14-28(6)9-10-31-21)29-15-23(26)17(2)11-18(29)3/h7-8,11-12,15,21H,3,9-10,13-14H2,1-2,4-6H3,(H,27,30)/b24-19+. The molecule has 1 unspecified atom stereocenters. The number of aryl methyl sites for hydroxylation is 1. The molecule has 1 fully saturated rings. The van der Waals surface area contributed by atoms with E-state index in [0.717, 1.165) is 41.2 Å². The van der Waals surface area contributed by atoms with E-state index in [1.165, 1.54) is 6.20 Å². The molecule has 1 amide bonds. The summed E-state index contributed by atoms with van der Waals surface area (Å²) in [7, 11) is 3.70. The van der Waals surface area contributed by atoms with Crippen molar-refractivity contribution in [1.82, 2.24) is 15.1 Å². The SMILES string of the molecule is C=C1C=C(C)C(F)=CN1/C(CC1CN(C)CCO1)=C(\C)c1ccc(C(=O)NC)cc1C. The van der Waals surface area contributed by atoms with E-state index in [9.17, 15) is 9.18 Å². The molecule has 1 atom stereocenters. The Kier molecular flexibility index (Phi) is 7.13. The highest BCUT2D eigenvalue weighted by Crippen LogP contribution is 2.34. The molecule has 0 radical (unpaired) electrons. The topological polar surface area (TPSA) is 44.8 Å². The van der Waals surface area contributed by atoms with E-state index >= 15 is 0 Å². The van der Waals surface area contributed by atoms with Gasteiger partial charge in [-0.3, -0.25) is 4.79 Å². The number of nitrogens with zero attached hydrogens (tertiary/aromatic N) is 2. The predicted octanol–water partition coefficient (Wildman–Crippen LogP) is 4.39. The smallest absolute Gasteiger partial charge is 0.251 e. The van der Waals surface area contributed by atoms with Crippen LogP contribution in [0.5, 0.6) is 0 Å². The molecule has 0 spiro atoms. The fourth-order valence-electron chi connectivity index (χ4n) is 4.10. The van der Waals surface area contributed by atoms with Crippen molar-refractivity contribution >= 4 is 11.5 Å². The minimum Gasteiger partial charge on any atom is -0.375 e. The maximum Gasteiger partial charge on any atom is 0.251 e. The van der Waals surface area contributed by atoms with Gasteiger partial charge in [-0.05, 0) is 68.3 Å². The zero-order valence-corrected chi connectivity index (χ0v) is 19.1. The number of halogens is 1. The third kappa shape index (κ3) is 5.14. The van der Waals surface area contributed by atoms with Crippen LogP contribution in [0.2, 0.25) is 0 Å². The lowest BCUT2D eigenvalue weighted by Gasteiger charge is -2.35. The second-order valence-corrected chi connectivity index (χ2v) is 8.31. The maximum atomic E-state index is 14.5. The van der Waals surface area contributed by atoms with Gasteiger partial charge in [-0.1, -0.05) is 12.6 Å². The molecule has 1 saturated heterocycles. The van der Waals surface area contributed by atoms with Crippen LogP contribution in [-0.2, 0) is 4.74 Å². The quantitative estimate of drug-likeness (QED) is 0.760. The molecule has 2 aliphatic rings. The number of morpholine rings is 1. The molecule has 31 heavy (non-hydrogen) atoms. The molecule has 0 bridgehead atoms. The van der Waals surface area contributed by atoms with Crippen molar-refractivity contribution in [2.75, 3.05) is 33.8 Å². The number of hydrogen-bond donors (Lipinski definition) is 1. The summed E-state index contributed by atoms with van der Waals surface area (Å²) in [5, 5.41) is 2.66. The minimum atomic E-state index is -0.272. The summed E-state index contributed by atoms with van der Waals surface area (Å²) < 4.78 is 20.6. The summed E-state index contributed by atoms with van der Waals surface area (Å²) in [5.74, 6) is -0.392. The van der Waals surface area contributed by atoms with E-state index in [4.69, 9.17) is 4.74 Å². The van der Waals surface area contributed by atoms with E-state index < -0.39 is 0 Å². The first-order chi connectivity index (χ1) is 14.7. The second kappa shape index (κ2) is 9.62. The van der Waals surface area contributed by atoms with Crippen LogP contribution in [0.25, 0.3) is 5.57 Å². The number of carbonyl (C=O) groups excluding carboxylic acids is 1. The molecule has 0 aliphatic carbocycles. The first-order valence-electron chi connectivity index (χ1n) is 10.6. The van der Waals surface area contributed by atoms with Crippen molar-refractivity contribution in [3.05, 3.63) is 76.5 Å². The Morgan fingerprint density at radius 2 is 2.10 bits per heavy atom. The van der Waals surface area contributed by atoms with Crippen LogP contribution in [0.4, 0.5) is 4.39 Å². The maximum absolute atomic E-state index is 14.5. The number of benzene rings is 1. The number of ether oxygens (including phenoxy) is 1. The molecule has 2 aliphatic heterocycles. The lowest BCUT2D eigenvalue weighted by atomic mass is 9.94. The van der Waals surface area contributed by atoms with E-state index in [1.807, 2.05) is 36.9 Å². The Bertz CT molecular complexity index is 977. The van der Waals surface area contributed by atoms with Crippen LogP contribution < -0.4 is 5.32 Å². The van der Waals surface area contributed by atoms with Crippen LogP contribution >= 0.6 is 0 Å². The summed E-state index contributed by atoms with van der Waals surface area (Å²) in [6.45, 7) is 12.3. The van der Waals surface area contributed by atoms with Crippen LogP contribution in [0.1, 0.15) is 41.8 Å². The van der Waals surface area contributed by atoms with Crippen molar-refractivity contribution in [3.63, 3.8) is 0 Å². The average Bonchev–Trinajstić information content (AvgIpc) is 2.73. The van der Waals surface area contributed by atoms with Gasteiger partial charge in [-0.15, -0.1) is 0 Å². The lowest BCUT2D eigenvalue weighted by Crippen LogP contribution is -2.41. The van der Waals surface area contributed by atoms with Crippen LogP contribution in [0, 0.1) is 6.92 Å². The van der Waals surface area contributed by atoms with Gasteiger partial charge < -0.3 is 19.9 Å². The number of amides is 1. The Hall–Kier alpha value is -2.70. The van der Waals surface area contributed by atoms with Crippen LogP contribution in [0.3, 0.4) is 0 Å². The largest absolute Gasteiger partial charge is 0.375 e. The molecule has 3 rings (SSSR count). The fraction of sp³-hybridized carbons (Fsp3) is 0.400. The van der Waals surface area contributed by atoms with Gasteiger partial charge >= 0.3 is 0 Å². The van der Waals surface area contributed by atoms with Gasteiger partial charge in [0, 0.05) is 49.7 Å². The molecule has 2 heterocycles. The van der Waals surface area contributed by atoms with Crippen molar-refractivity contribution < 1.29 is 13.9 Å². The van der Waals surface area contributed by atoms with Gasteiger partial charge in [-0.25, -0.2) is 4.39 Å². The summed E-state index contributed by atoms with van der Waals surface area (Å²) in [6, 6.07) is 5.65. The van der Waals surface area contributed by atoms with Crippen molar-refractivity contribution in [2.45, 2.75) is 33.3 Å². The van der Waals surface area contributed by atoms with E-state index in [2.05, 4.69) is 23.8 Å². The van der Waals surface area contributed by atoms with E-state index in [-0.39, 0.29) is 17.8 Å². The third-order valence-corrected chi connectivity index (χ3v) is 5.92. The van der Waals surface area contributed by atoms with Gasteiger partial charge in [0.15, 0.2) is 0 Å². The zero-order chi connectivity index (χ0) is 22.7. The Morgan fingerprint density at radius 1 is 1.35 bits per heavy atom. The van der Waals surface area contributed by atoms with Crippen LogP contribution in [-0.4, -0.2) is 55.6 Å². The minimum absolute atomic E-state index is 0.00501. The predicted molar refractivity (Wildman–Crippen MR) is 123 cm³/mol. The van der Waals surface area contributed by atoms with Gasteiger partial charge in [0.1, 0.15) is 5.83 Å². The third-order valence-electron chi connectivity index (χ3n) is 5.92. The summed E-state index contributed by atoms with van der Waals surface area (Å²) >= 11 is 0. The first-order valence-corrected chi connectivity index (χ1v) is 10.6. The average molecular weight is 426 g/mol. The molecule has 1 aromatic rings. The summed E-state index contributed by atoms with van der Waals surface area (Å²) in [5.41, 5.74) is 5.85. The zero-order valence-electron chi connectivity index (χ0n) is 19.1. The Balaban J connectivity index is 2.05. The van der Waals surface area contributed by atoms with Crippen molar-refractivity contribution in [2.24, 2.45) is 0 Å². The van der Waals surface area contributed by atoms with Gasteiger partial charge in [-0.2, -0.15) is 0 Å². The number of likely N-dealkylation sites (N-methyl/N-ethyl adjacent to an activating group) is 1. The molecule has 166 valence electrons. The van der Waals surface area contributed by atoms with E-state index in [1.54, 1.807) is 20.0 Å². The second-order valence-electron chi connectivity index (χ2n) is 8.31. The monoisotopic (exact) mass is 425 g/mol. The normalized spacial score (nSPS) is 20.8.